The van der Waals surface area contributed by atoms with Crippen LogP contribution in [0.15, 0.2) is 47.4 Å². The van der Waals surface area contributed by atoms with E-state index in [2.05, 4.69) is 0 Å². The van der Waals surface area contributed by atoms with Crippen molar-refractivity contribution in [3.05, 3.63) is 53.0 Å². The van der Waals surface area contributed by atoms with E-state index in [1.807, 2.05) is 30.3 Å². The van der Waals surface area contributed by atoms with Crippen LogP contribution >= 0.6 is 0 Å². The maximum Gasteiger partial charge on any atom is 0.351 e. The van der Waals surface area contributed by atoms with E-state index >= 15 is 0 Å². The van der Waals surface area contributed by atoms with Gasteiger partial charge < -0.3 is 9.84 Å². The highest BCUT2D eigenvalue weighted by Crippen LogP contribution is 2.31. The first-order valence-electron chi connectivity index (χ1n) is 5.45. The number of esters is 1. The molecule has 1 aromatic rings. The van der Waals surface area contributed by atoms with Crippen molar-refractivity contribution in [3.63, 3.8) is 0 Å². The van der Waals surface area contributed by atoms with Crippen LogP contribution in [0.5, 0.6) is 0 Å². The lowest BCUT2D eigenvalue weighted by atomic mass is 10.0. The van der Waals surface area contributed by atoms with Gasteiger partial charge in [0.25, 0.3) is 0 Å². The fourth-order valence-electron chi connectivity index (χ4n) is 1.79. The molecule has 4 nitrogen and oxygen atoms in total. The molecule has 0 radical (unpaired) electrons. The van der Waals surface area contributed by atoms with E-state index in [1.54, 1.807) is 6.92 Å². The Morgan fingerprint density at radius 2 is 1.78 bits per heavy atom. The third-order valence-corrected chi connectivity index (χ3v) is 2.75. The fourth-order valence-corrected chi connectivity index (χ4v) is 1.79. The summed E-state index contributed by atoms with van der Waals surface area (Å²) in [5, 5.41) is 9.88. The van der Waals surface area contributed by atoms with Gasteiger partial charge in [-0.1, -0.05) is 30.3 Å². The number of benzene rings is 1. The van der Waals surface area contributed by atoms with Crippen LogP contribution in [-0.4, -0.2) is 16.9 Å². The molecule has 0 spiro atoms. The van der Waals surface area contributed by atoms with Crippen molar-refractivity contribution in [2.24, 2.45) is 0 Å². The van der Waals surface area contributed by atoms with E-state index in [0.29, 0.717) is 5.57 Å². The number of hydrogen-bond donors (Lipinski definition) is 1. The van der Waals surface area contributed by atoms with Gasteiger partial charge in [0.1, 0.15) is 5.57 Å². The second-order valence-electron chi connectivity index (χ2n) is 3.99. The number of aliphatic hydroxyl groups excluding tert-OH is 1. The zero-order valence-corrected chi connectivity index (χ0v) is 10.1. The van der Waals surface area contributed by atoms with Gasteiger partial charge in [-0.15, -0.1) is 0 Å². The second kappa shape index (κ2) is 4.49. The van der Waals surface area contributed by atoms with Crippen molar-refractivity contribution in [1.29, 1.82) is 0 Å². The number of aliphatic hydroxyl groups is 1. The van der Waals surface area contributed by atoms with Crippen LogP contribution in [0.2, 0.25) is 0 Å². The lowest BCUT2D eigenvalue weighted by Gasteiger charge is -2.05. The van der Waals surface area contributed by atoms with Gasteiger partial charge in [-0.05, 0) is 19.4 Å². The zero-order valence-electron chi connectivity index (χ0n) is 10.1. The Morgan fingerprint density at radius 1 is 1.17 bits per heavy atom. The molecule has 1 aromatic carbocycles. The molecule has 0 atom stereocenters. The van der Waals surface area contributed by atoms with Crippen molar-refractivity contribution in [2.75, 3.05) is 0 Å². The minimum Gasteiger partial charge on any atom is -0.504 e. The van der Waals surface area contributed by atoms with Gasteiger partial charge in [0, 0.05) is 5.57 Å². The summed E-state index contributed by atoms with van der Waals surface area (Å²) in [5.41, 5.74) is 1.13. The molecule has 4 heteroatoms. The van der Waals surface area contributed by atoms with E-state index in [9.17, 15) is 14.7 Å². The van der Waals surface area contributed by atoms with Crippen LogP contribution in [0.1, 0.15) is 19.4 Å². The maximum atomic E-state index is 11.5. The summed E-state index contributed by atoms with van der Waals surface area (Å²) in [6.45, 7) is 2.94. The van der Waals surface area contributed by atoms with Gasteiger partial charge in [0.05, 0.1) is 0 Å². The number of rotatable bonds is 2. The predicted octanol–water partition coefficient (Wildman–Crippen LogP) is 2.38. The molecule has 2 rings (SSSR count). The molecule has 0 saturated heterocycles. The first-order valence-corrected chi connectivity index (χ1v) is 5.45. The molecule has 0 amide bonds. The second-order valence-corrected chi connectivity index (χ2v) is 3.99. The highest BCUT2D eigenvalue weighted by molar-refractivity contribution is 6.19. The van der Waals surface area contributed by atoms with Crippen LogP contribution in [0.3, 0.4) is 0 Å². The number of ketones is 1. The molecule has 1 heterocycles. The SMILES string of the molecule is CC(=O)C1=C(O)C(=C(C)c2ccccc2)OC1=O. The lowest BCUT2D eigenvalue weighted by molar-refractivity contribution is -0.134. The van der Waals surface area contributed by atoms with Gasteiger partial charge in [-0.3, -0.25) is 4.79 Å². The molecular weight excluding hydrogens is 232 g/mol. The summed E-state index contributed by atoms with van der Waals surface area (Å²) >= 11 is 0. The first kappa shape index (κ1) is 12.1. The molecular formula is C14H12O4. The van der Waals surface area contributed by atoms with Crippen molar-refractivity contribution in [2.45, 2.75) is 13.8 Å². The largest absolute Gasteiger partial charge is 0.504 e. The highest BCUT2D eigenvalue weighted by atomic mass is 16.6. The van der Waals surface area contributed by atoms with Gasteiger partial charge >= 0.3 is 5.97 Å². The Labute approximate surface area is 104 Å². The Balaban J connectivity index is 2.54. The summed E-state index contributed by atoms with van der Waals surface area (Å²) in [6.07, 6.45) is 0. The summed E-state index contributed by atoms with van der Waals surface area (Å²) in [6, 6.07) is 9.19. The Hall–Kier alpha value is -2.36. The van der Waals surface area contributed by atoms with E-state index in [4.69, 9.17) is 4.74 Å². The van der Waals surface area contributed by atoms with Crippen LogP contribution < -0.4 is 0 Å². The smallest absolute Gasteiger partial charge is 0.351 e. The number of Topliss-reactive ketones (excluding diaryl/α,β-unsaturated/α-hetero) is 1. The average molecular weight is 244 g/mol. The minimum absolute atomic E-state index is 0.0522. The monoisotopic (exact) mass is 244 g/mol. The number of carbonyl (C=O) groups excluding carboxylic acids is 2. The van der Waals surface area contributed by atoms with Crippen molar-refractivity contribution in [1.82, 2.24) is 0 Å². The van der Waals surface area contributed by atoms with Crippen molar-refractivity contribution in [3.8, 4) is 0 Å². The topological polar surface area (TPSA) is 63.6 Å². The lowest BCUT2D eigenvalue weighted by Crippen LogP contribution is -2.06. The van der Waals surface area contributed by atoms with Gasteiger partial charge in [0.15, 0.2) is 17.3 Å². The number of hydrogen-bond acceptors (Lipinski definition) is 4. The number of allylic oxidation sites excluding steroid dienone is 1. The molecule has 1 aliphatic heterocycles. The first-order chi connectivity index (χ1) is 8.52. The van der Waals surface area contributed by atoms with Crippen molar-refractivity contribution >= 4 is 17.3 Å². The van der Waals surface area contributed by atoms with Crippen LogP contribution in [0.4, 0.5) is 0 Å². The summed E-state index contributed by atoms with van der Waals surface area (Å²) in [5.74, 6) is -1.64. The molecule has 0 bridgehead atoms. The number of carbonyl (C=O) groups is 2. The average Bonchev–Trinajstić information content (AvgIpc) is 2.65. The van der Waals surface area contributed by atoms with E-state index in [1.165, 1.54) is 6.92 Å². The molecule has 1 aliphatic rings. The molecule has 92 valence electrons. The van der Waals surface area contributed by atoms with Gasteiger partial charge in [0.2, 0.25) is 0 Å². The maximum absolute atomic E-state index is 11.5. The van der Waals surface area contributed by atoms with E-state index in [0.717, 1.165) is 5.56 Å². The van der Waals surface area contributed by atoms with Crippen LogP contribution in [0.25, 0.3) is 5.57 Å². The fraction of sp³-hybridized carbons (Fsp3) is 0.143. The standard InChI is InChI=1S/C14H12O4/c1-8(10-6-4-3-5-7-10)13-12(16)11(9(2)15)14(17)18-13/h3-7,16H,1-2H3. The third-order valence-electron chi connectivity index (χ3n) is 2.75. The Kier molecular flexibility index (Phi) is 3.02. The summed E-state index contributed by atoms with van der Waals surface area (Å²) < 4.78 is 4.96. The summed E-state index contributed by atoms with van der Waals surface area (Å²) in [7, 11) is 0. The summed E-state index contributed by atoms with van der Waals surface area (Å²) in [4.78, 5) is 22.7. The van der Waals surface area contributed by atoms with Gasteiger partial charge in [-0.2, -0.15) is 0 Å². The predicted molar refractivity (Wildman–Crippen MR) is 65.5 cm³/mol. The molecule has 18 heavy (non-hydrogen) atoms. The van der Waals surface area contributed by atoms with Crippen LogP contribution in [-0.2, 0) is 14.3 Å². The molecule has 0 aliphatic carbocycles. The van der Waals surface area contributed by atoms with E-state index in [-0.39, 0.29) is 17.1 Å². The zero-order chi connectivity index (χ0) is 13.3. The molecule has 0 aromatic heterocycles. The molecule has 0 unspecified atom stereocenters. The van der Waals surface area contributed by atoms with E-state index < -0.39 is 11.8 Å². The minimum atomic E-state index is -0.801. The highest BCUT2D eigenvalue weighted by Gasteiger charge is 2.34. The molecule has 0 saturated carbocycles. The quantitative estimate of drug-likeness (QED) is 0.640. The van der Waals surface area contributed by atoms with Crippen LogP contribution in [0, 0.1) is 0 Å². The number of cyclic esters (lactones) is 1. The number of ether oxygens (including phenoxy) is 1. The Bertz CT molecular complexity index is 579. The Morgan fingerprint density at radius 3 is 2.28 bits per heavy atom. The van der Waals surface area contributed by atoms with Gasteiger partial charge in [-0.25, -0.2) is 4.79 Å². The molecule has 1 N–H and O–H groups in total. The van der Waals surface area contributed by atoms with Crippen molar-refractivity contribution < 1.29 is 19.4 Å². The normalized spacial score (nSPS) is 17.8. The molecule has 0 fully saturated rings. The third kappa shape index (κ3) is 1.93.